The number of carbonyl (C=O) groups excluding carboxylic acids is 3. The van der Waals surface area contributed by atoms with Crippen molar-refractivity contribution in [3.05, 3.63) is 34.9 Å². The molecule has 1 aliphatic carbocycles. The van der Waals surface area contributed by atoms with Crippen molar-refractivity contribution in [3.63, 3.8) is 0 Å². The normalized spacial score (nSPS) is 23.8. The third-order valence-electron chi connectivity index (χ3n) is 5.32. The van der Waals surface area contributed by atoms with Crippen LogP contribution < -0.4 is 10.6 Å². The number of carbonyl (C=O) groups is 3. The zero-order valence-electron chi connectivity index (χ0n) is 14.9. The summed E-state index contributed by atoms with van der Waals surface area (Å²) in [4.78, 5) is 38.8. The molecular weight excluding hydrogens is 354 g/mol. The molecule has 3 rings (SSSR count). The van der Waals surface area contributed by atoms with Crippen molar-refractivity contribution in [1.82, 2.24) is 15.5 Å². The molecule has 2 fully saturated rings. The Morgan fingerprint density at radius 1 is 1.23 bits per heavy atom. The van der Waals surface area contributed by atoms with Crippen LogP contribution in [-0.4, -0.2) is 35.3 Å². The standard InChI is InChI=1S/C19H24ClN3O3/c1-2-19(13-8-10-14(20)11-9-13)17(25)23(18(26)22-19)12-16(24)21-15-6-4-3-5-7-15/h8-11,15H,2-7,12H2,1H3,(H,21,24)(H,22,26)/t19-/m0/s1. The SMILES string of the molecule is CC[C@@]1(c2ccc(Cl)cc2)NC(=O)N(CC(=O)NC2CCCCC2)C1=O. The fourth-order valence-corrected chi connectivity index (χ4v) is 3.93. The molecule has 6 nitrogen and oxygen atoms in total. The topological polar surface area (TPSA) is 78.5 Å². The van der Waals surface area contributed by atoms with Crippen LogP contribution in [0, 0.1) is 0 Å². The molecule has 1 aliphatic heterocycles. The van der Waals surface area contributed by atoms with Gasteiger partial charge in [-0.1, -0.05) is 49.9 Å². The first kappa shape index (κ1) is 18.7. The Morgan fingerprint density at radius 2 is 1.88 bits per heavy atom. The molecule has 0 unspecified atom stereocenters. The van der Waals surface area contributed by atoms with Crippen LogP contribution >= 0.6 is 11.6 Å². The lowest BCUT2D eigenvalue weighted by Gasteiger charge is -2.26. The van der Waals surface area contributed by atoms with Gasteiger partial charge in [0.25, 0.3) is 5.91 Å². The Kier molecular flexibility index (Phi) is 5.51. The third kappa shape index (κ3) is 3.56. The Bertz CT molecular complexity index is 700. The fourth-order valence-electron chi connectivity index (χ4n) is 3.81. The van der Waals surface area contributed by atoms with E-state index in [2.05, 4.69) is 10.6 Å². The van der Waals surface area contributed by atoms with Gasteiger partial charge in [0.1, 0.15) is 12.1 Å². The van der Waals surface area contributed by atoms with Gasteiger partial charge in [-0.2, -0.15) is 0 Å². The van der Waals surface area contributed by atoms with Crippen molar-refractivity contribution in [2.24, 2.45) is 0 Å². The largest absolute Gasteiger partial charge is 0.352 e. The van der Waals surface area contributed by atoms with Crippen molar-refractivity contribution in [3.8, 4) is 0 Å². The van der Waals surface area contributed by atoms with Crippen molar-refractivity contribution < 1.29 is 14.4 Å². The molecule has 1 heterocycles. The molecule has 0 bridgehead atoms. The number of amides is 4. The van der Waals surface area contributed by atoms with Gasteiger partial charge in [-0.05, 0) is 37.0 Å². The van der Waals surface area contributed by atoms with Crippen molar-refractivity contribution in [2.75, 3.05) is 6.54 Å². The van der Waals surface area contributed by atoms with Crippen LogP contribution in [0.25, 0.3) is 0 Å². The maximum atomic E-state index is 13.0. The Hall–Kier alpha value is -2.08. The molecule has 7 heteroatoms. The molecule has 26 heavy (non-hydrogen) atoms. The summed E-state index contributed by atoms with van der Waals surface area (Å²) in [6.07, 6.45) is 5.69. The molecule has 2 N–H and O–H groups in total. The summed E-state index contributed by atoms with van der Waals surface area (Å²) >= 11 is 5.93. The molecule has 1 atom stereocenters. The zero-order valence-corrected chi connectivity index (χ0v) is 15.6. The summed E-state index contributed by atoms with van der Waals surface area (Å²) in [6, 6.07) is 6.44. The number of nitrogens with one attached hydrogen (secondary N) is 2. The first-order valence-corrected chi connectivity index (χ1v) is 9.53. The first-order chi connectivity index (χ1) is 12.5. The van der Waals surface area contributed by atoms with Gasteiger partial charge < -0.3 is 10.6 Å². The molecule has 1 saturated heterocycles. The molecule has 140 valence electrons. The minimum atomic E-state index is -1.15. The number of hydrogen-bond donors (Lipinski definition) is 2. The van der Waals surface area contributed by atoms with Gasteiger partial charge in [-0.15, -0.1) is 0 Å². The van der Waals surface area contributed by atoms with Crippen LogP contribution in [0.3, 0.4) is 0 Å². The maximum Gasteiger partial charge on any atom is 0.325 e. The molecule has 0 spiro atoms. The number of hydrogen-bond acceptors (Lipinski definition) is 3. The highest BCUT2D eigenvalue weighted by atomic mass is 35.5. The quantitative estimate of drug-likeness (QED) is 0.774. The second kappa shape index (κ2) is 7.66. The van der Waals surface area contributed by atoms with Crippen molar-refractivity contribution >= 4 is 29.4 Å². The summed E-state index contributed by atoms with van der Waals surface area (Å²) in [5, 5.41) is 6.28. The van der Waals surface area contributed by atoms with Crippen molar-refractivity contribution in [1.29, 1.82) is 0 Å². The van der Waals surface area contributed by atoms with Gasteiger partial charge in [-0.25, -0.2) is 4.79 Å². The molecule has 0 aromatic heterocycles. The van der Waals surface area contributed by atoms with Gasteiger partial charge in [0.2, 0.25) is 5.91 Å². The molecule has 1 saturated carbocycles. The van der Waals surface area contributed by atoms with E-state index in [1.54, 1.807) is 24.3 Å². The number of rotatable bonds is 5. The van der Waals surface area contributed by atoms with E-state index in [1.807, 2.05) is 6.92 Å². The lowest BCUT2D eigenvalue weighted by molar-refractivity contribution is -0.135. The van der Waals surface area contributed by atoms with E-state index >= 15 is 0 Å². The lowest BCUT2D eigenvalue weighted by atomic mass is 9.87. The number of urea groups is 1. The molecular formula is C19H24ClN3O3. The summed E-state index contributed by atoms with van der Waals surface area (Å²) in [5.41, 5.74) is -0.481. The monoisotopic (exact) mass is 377 g/mol. The number of halogens is 1. The van der Waals surface area contributed by atoms with E-state index in [1.165, 1.54) is 6.42 Å². The van der Waals surface area contributed by atoms with E-state index in [4.69, 9.17) is 11.6 Å². The molecule has 4 amide bonds. The molecule has 1 aromatic rings. The summed E-state index contributed by atoms with van der Waals surface area (Å²) < 4.78 is 0. The summed E-state index contributed by atoms with van der Waals surface area (Å²) in [5.74, 6) is -0.686. The van der Waals surface area contributed by atoms with Gasteiger partial charge >= 0.3 is 6.03 Å². The molecule has 0 radical (unpaired) electrons. The van der Waals surface area contributed by atoms with Crippen LogP contribution in [0.15, 0.2) is 24.3 Å². The van der Waals surface area contributed by atoms with Crippen LogP contribution in [0.2, 0.25) is 5.02 Å². The Labute approximate surface area is 158 Å². The molecule has 1 aromatic carbocycles. The second-order valence-electron chi connectivity index (χ2n) is 6.99. The van der Waals surface area contributed by atoms with Crippen molar-refractivity contribution in [2.45, 2.75) is 57.0 Å². The van der Waals surface area contributed by atoms with Crippen LogP contribution in [0.4, 0.5) is 4.79 Å². The average molecular weight is 378 g/mol. The van der Waals surface area contributed by atoms with Gasteiger partial charge in [0.05, 0.1) is 0 Å². The van der Waals surface area contributed by atoms with Gasteiger partial charge in [0.15, 0.2) is 0 Å². The van der Waals surface area contributed by atoms with E-state index in [0.717, 1.165) is 30.6 Å². The smallest absolute Gasteiger partial charge is 0.325 e. The lowest BCUT2D eigenvalue weighted by Crippen LogP contribution is -2.46. The average Bonchev–Trinajstić information content (AvgIpc) is 2.88. The Balaban J connectivity index is 1.72. The third-order valence-corrected chi connectivity index (χ3v) is 5.57. The van der Waals surface area contributed by atoms with Gasteiger partial charge in [0, 0.05) is 11.1 Å². The van der Waals surface area contributed by atoms with Crippen LogP contribution in [0.5, 0.6) is 0 Å². The number of imide groups is 1. The summed E-state index contributed by atoms with van der Waals surface area (Å²) in [6.45, 7) is 1.58. The summed E-state index contributed by atoms with van der Waals surface area (Å²) in [7, 11) is 0. The maximum absolute atomic E-state index is 13.0. The predicted octanol–water partition coefficient (Wildman–Crippen LogP) is 2.95. The predicted molar refractivity (Wildman–Crippen MR) is 98.7 cm³/mol. The number of benzene rings is 1. The highest BCUT2D eigenvalue weighted by Gasteiger charge is 2.51. The highest BCUT2D eigenvalue weighted by Crippen LogP contribution is 2.33. The first-order valence-electron chi connectivity index (χ1n) is 9.16. The zero-order chi connectivity index (χ0) is 18.7. The minimum Gasteiger partial charge on any atom is -0.352 e. The van der Waals surface area contributed by atoms with Crippen LogP contribution in [-0.2, 0) is 15.1 Å². The second-order valence-corrected chi connectivity index (χ2v) is 7.43. The fraction of sp³-hybridized carbons (Fsp3) is 0.526. The van der Waals surface area contributed by atoms with Gasteiger partial charge in [-0.3, -0.25) is 14.5 Å². The van der Waals surface area contributed by atoms with E-state index in [9.17, 15) is 14.4 Å². The number of nitrogens with zero attached hydrogens (tertiary/aromatic N) is 1. The van der Waals surface area contributed by atoms with Crippen LogP contribution in [0.1, 0.15) is 51.0 Å². The Morgan fingerprint density at radius 3 is 2.50 bits per heavy atom. The minimum absolute atomic E-state index is 0.143. The van der Waals surface area contributed by atoms with E-state index < -0.39 is 17.5 Å². The highest BCUT2D eigenvalue weighted by molar-refractivity contribution is 6.30. The van der Waals surface area contributed by atoms with E-state index in [0.29, 0.717) is 17.0 Å². The van der Waals surface area contributed by atoms with E-state index in [-0.39, 0.29) is 18.5 Å². The molecule has 2 aliphatic rings.